The molecule has 1 atom stereocenters. The summed E-state index contributed by atoms with van der Waals surface area (Å²) in [6.45, 7) is 4.73. The van der Waals surface area contributed by atoms with Crippen LogP contribution < -0.4 is 5.73 Å². The van der Waals surface area contributed by atoms with Gasteiger partial charge in [-0.25, -0.2) is 0 Å². The van der Waals surface area contributed by atoms with E-state index in [2.05, 4.69) is 6.92 Å². The van der Waals surface area contributed by atoms with Gasteiger partial charge in [-0.3, -0.25) is 4.79 Å². The molecule has 0 heterocycles. The summed E-state index contributed by atoms with van der Waals surface area (Å²) in [5.74, 6) is 2.12. The van der Waals surface area contributed by atoms with Crippen molar-refractivity contribution >= 4 is 5.78 Å². The van der Waals surface area contributed by atoms with Crippen LogP contribution in [-0.2, 0) is 4.79 Å². The molecule has 0 aliphatic heterocycles. The molecule has 0 spiro atoms. The zero-order valence-electron chi connectivity index (χ0n) is 8.75. The number of Topliss-reactive ketones (excluding diaryl/α,β-unsaturated/α-hetero) is 1. The second-order valence-corrected chi connectivity index (χ2v) is 4.44. The molecule has 0 aromatic heterocycles. The highest BCUT2D eigenvalue weighted by Gasteiger charge is 2.26. The van der Waals surface area contributed by atoms with Gasteiger partial charge in [0, 0.05) is 5.92 Å². The first-order chi connectivity index (χ1) is 6.15. The van der Waals surface area contributed by atoms with Gasteiger partial charge in [-0.05, 0) is 51.0 Å². The number of carbonyl (C=O) groups excluding carboxylic acids is 1. The summed E-state index contributed by atoms with van der Waals surface area (Å²) in [5, 5.41) is 0. The maximum atomic E-state index is 11.1. The minimum absolute atomic E-state index is 0.348. The molecule has 0 radical (unpaired) electrons. The largest absolute Gasteiger partial charge is 0.330 e. The average Bonchev–Trinajstić information content (AvgIpc) is 2.17. The second-order valence-electron chi connectivity index (χ2n) is 4.44. The van der Waals surface area contributed by atoms with Crippen LogP contribution in [0.2, 0.25) is 0 Å². The molecule has 1 unspecified atom stereocenters. The first-order valence-corrected chi connectivity index (χ1v) is 5.35. The standard InChI is InChI=1S/C11H21NO/c1-8(7-12)10-3-5-11(6-4-10)9(2)13/h8,10-11H,3-7,12H2,1-2H3. The van der Waals surface area contributed by atoms with E-state index in [1.165, 1.54) is 12.8 Å². The molecular weight excluding hydrogens is 162 g/mol. The first-order valence-electron chi connectivity index (χ1n) is 5.35. The number of hydrogen-bond donors (Lipinski definition) is 1. The SMILES string of the molecule is CC(=O)C1CCC(C(C)CN)CC1. The normalized spacial score (nSPS) is 31.3. The fourth-order valence-corrected chi connectivity index (χ4v) is 2.29. The van der Waals surface area contributed by atoms with Gasteiger partial charge >= 0.3 is 0 Å². The van der Waals surface area contributed by atoms with E-state index in [0.717, 1.165) is 25.3 Å². The molecule has 2 N–H and O–H groups in total. The van der Waals surface area contributed by atoms with Crippen molar-refractivity contribution in [2.45, 2.75) is 39.5 Å². The maximum absolute atomic E-state index is 11.1. The predicted molar refractivity (Wildman–Crippen MR) is 54.3 cm³/mol. The Kier molecular flexibility index (Phi) is 3.91. The molecular formula is C11H21NO. The Morgan fingerprint density at radius 2 is 1.92 bits per heavy atom. The highest BCUT2D eigenvalue weighted by molar-refractivity contribution is 5.78. The lowest BCUT2D eigenvalue weighted by Gasteiger charge is -2.30. The summed E-state index contributed by atoms with van der Waals surface area (Å²) in [5.41, 5.74) is 5.63. The lowest BCUT2D eigenvalue weighted by atomic mass is 9.75. The van der Waals surface area contributed by atoms with Crippen LogP contribution in [-0.4, -0.2) is 12.3 Å². The van der Waals surface area contributed by atoms with Crippen molar-refractivity contribution < 1.29 is 4.79 Å². The lowest BCUT2D eigenvalue weighted by molar-refractivity contribution is -0.122. The Labute approximate surface area is 80.9 Å². The molecule has 0 aromatic carbocycles. The molecule has 0 saturated heterocycles. The van der Waals surface area contributed by atoms with Crippen LogP contribution in [0.15, 0.2) is 0 Å². The minimum Gasteiger partial charge on any atom is -0.330 e. The summed E-state index contributed by atoms with van der Waals surface area (Å²) in [6.07, 6.45) is 4.57. The third-order valence-electron chi connectivity index (χ3n) is 3.52. The van der Waals surface area contributed by atoms with Gasteiger partial charge < -0.3 is 5.73 Å². The predicted octanol–water partition coefficient (Wildman–Crippen LogP) is 1.98. The Morgan fingerprint density at radius 1 is 1.38 bits per heavy atom. The number of rotatable bonds is 3. The van der Waals surface area contributed by atoms with Crippen molar-refractivity contribution in [3.05, 3.63) is 0 Å². The van der Waals surface area contributed by atoms with Crippen LogP contribution in [0, 0.1) is 17.8 Å². The summed E-state index contributed by atoms with van der Waals surface area (Å²) in [6, 6.07) is 0. The van der Waals surface area contributed by atoms with Crippen LogP contribution >= 0.6 is 0 Å². The highest BCUT2D eigenvalue weighted by Crippen LogP contribution is 2.33. The van der Waals surface area contributed by atoms with Gasteiger partial charge in [-0.2, -0.15) is 0 Å². The number of nitrogens with two attached hydrogens (primary N) is 1. The van der Waals surface area contributed by atoms with Crippen LogP contribution in [0.4, 0.5) is 0 Å². The van der Waals surface area contributed by atoms with E-state index in [4.69, 9.17) is 5.73 Å². The summed E-state index contributed by atoms with van der Waals surface area (Å²) < 4.78 is 0. The van der Waals surface area contributed by atoms with Crippen molar-refractivity contribution in [2.75, 3.05) is 6.54 Å². The van der Waals surface area contributed by atoms with Crippen LogP contribution in [0.3, 0.4) is 0 Å². The Balaban J connectivity index is 2.34. The van der Waals surface area contributed by atoms with Crippen molar-refractivity contribution in [1.29, 1.82) is 0 Å². The van der Waals surface area contributed by atoms with Crippen LogP contribution in [0.5, 0.6) is 0 Å². The van der Waals surface area contributed by atoms with E-state index in [-0.39, 0.29) is 0 Å². The maximum Gasteiger partial charge on any atom is 0.132 e. The van der Waals surface area contributed by atoms with E-state index >= 15 is 0 Å². The molecule has 13 heavy (non-hydrogen) atoms. The third kappa shape index (κ3) is 2.80. The topological polar surface area (TPSA) is 43.1 Å². The molecule has 1 fully saturated rings. The first kappa shape index (κ1) is 10.7. The van der Waals surface area contributed by atoms with Crippen LogP contribution in [0.1, 0.15) is 39.5 Å². The molecule has 1 saturated carbocycles. The smallest absolute Gasteiger partial charge is 0.132 e. The molecule has 2 nitrogen and oxygen atoms in total. The molecule has 2 heteroatoms. The van der Waals surface area contributed by atoms with E-state index < -0.39 is 0 Å². The van der Waals surface area contributed by atoms with Gasteiger partial charge in [0.05, 0.1) is 0 Å². The number of hydrogen-bond acceptors (Lipinski definition) is 2. The van der Waals surface area contributed by atoms with Crippen molar-refractivity contribution in [1.82, 2.24) is 0 Å². The average molecular weight is 183 g/mol. The fraction of sp³-hybridized carbons (Fsp3) is 0.909. The molecule has 1 aliphatic rings. The molecule has 0 aromatic rings. The molecule has 0 bridgehead atoms. The molecule has 1 aliphatic carbocycles. The number of carbonyl (C=O) groups is 1. The summed E-state index contributed by atoms with van der Waals surface area (Å²) >= 11 is 0. The lowest BCUT2D eigenvalue weighted by Crippen LogP contribution is -2.27. The van der Waals surface area contributed by atoms with Gasteiger partial charge in [0.15, 0.2) is 0 Å². The van der Waals surface area contributed by atoms with E-state index in [9.17, 15) is 4.79 Å². The van der Waals surface area contributed by atoms with Crippen LogP contribution in [0.25, 0.3) is 0 Å². The summed E-state index contributed by atoms with van der Waals surface area (Å²) in [7, 11) is 0. The zero-order valence-corrected chi connectivity index (χ0v) is 8.75. The summed E-state index contributed by atoms with van der Waals surface area (Å²) in [4.78, 5) is 11.1. The quantitative estimate of drug-likeness (QED) is 0.727. The fourth-order valence-electron chi connectivity index (χ4n) is 2.29. The van der Waals surface area contributed by atoms with E-state index in [1.807, 2.05) is 0 Å². The Bertz CT molecular complexity index is 171. The Morgan fingerprint density at radius 3 is 2.31 bits per heavy atom. The highest BCUT2D eigenvalue weighted by atomic mass is 16.1. The van der Waals surface area contributed by atoms with Crippen molar-refractivity contribution in [3.8, 4) is 0 Å². The molecule has 0 amide bonds. The zero-order chi connectivity index (χ0) is 9.84. The van der Waals surface area contributed by atoms with Gasteiger partial charge in [-0.1, -0.05) is 6.92 Å². The van der Waals surface area contributed by atoms with Gasteiger partial charge in [0.2, 0.25) is 0 Å². The second kappa shape index (κ2) is 4.75. The van der Waals surface area contributed by atoms with Gasteiger partial charge in [-0.15, -0.1) is 0 Å². The minimum atomic E-state index is 0.348. The van der Waals surface area contributed by atoms with Crippen molar-refractivity contribution in [3.63, 3.8) is 0 Å². The van der Waals surface area contributed by atoms with Gasteiger partial charge in [0.25, 0.3) is 0 Å². The van der Waals surface area contributed by atoms with Gasteiger partial charge in [0.1, 0.15) is 5.78 Å². The molecule has 1 rings (SSSR count). The van der Waals surface area contributed by atoms with Crippen molar-refractivity contribution in [2.24, 2.45) is 23.5 Å². The Hall–Kier alpha value is -0.370. The number of ketones is 1. The van der Waals surface area contributed by atoms with E-state index in [1.54, 1.807) is 6.92 Å². The monoisotopic (exact) mass is 183 g/mol. The van der Waals surface area contributed by atoms with E-state index in [0.29, 0.717) is 17.6 Å². The molecule has 76 valence electrons. The third-order valence-corrected chi connectivity index (χ3v) is 3.52.